The fourth-order valence-corrected chi connectivity index (χ4v) is 4.90. The van der Waals surface area contributed by atoms with Crippen molar-refractivity contribution in [2.45, 2.75) is 187 Å². The largest absolute Gasteiger partial charge is 0.462 e. The molecule has 0 saturated heterocycles. The van der Waals surface area contributed by atoms with E-state index in [0.29, 0.717) is 19.3 Å². The third kappa shape index (κ3) is 32.8. The van der Waals surface area contributed by atoms with Gasteiger partial charge in [0.25, 0.3) is 0 Å². The SMILES string of the molecule is CCCCC/C=C/C/C=C/CCCCCCCC(=O)OCC(CC)OC(=O)CCCCCCC/C=C/C/C=C/CCCCC. The lowest BCUT2D eigenvalue weighted by molar-refractivity contribution is -0.159. The first-order chi connectivity index (χ1) is 21.6. The maximum absolute atomic E-state index is 12.2. The van der Waals surface area contributed by atoms with Crippen molar-refractivity contribution in [1.82, 2.24) is 0 Å². The normalized spacial score (nSPS) is 12.7. The Kier molecular flexibility index (Phi) is 33.7. The minimum Gasteiger partial charge on any atom is -0.462 e. The van der Waals surface area contributed by atoms with E-state index in [2.05, 4.69) is 62.5 Å². The Morgan fingerprint density at radius 1 is 0.477 bits per heavy atom. The molecule has 0 aliphatic heterocycles. The molecule has 0 fully saturated rings. The Morgan fingerprint density at radius 2 is 0.864 bits per heavy atom. The third-order valence-electron chi connectivity index (χ3n) is 7.85. The van der Waals surface area contributed by atoms with Crippen LogP contribution in [-0.2, 0) is 19.1 Å². The lowest BCUT2D eigenvalue weighted by Crippen LogP contribution is -2.24. The van der Waals surface area contributed by atoms with E-state index in [0.717, 1.165) is 64.2 Å². The summed E-state index contributed by atoms with van der Waals surface area (Å²) in [6, 6.07) is 0. The first kappa shape index (κ1) is 41.9. The van der Waals surface area contributed by atoms with Gasteiger partial charge in [-0.25, -0.2) is 0 Å². The molecule has 0 N–H and O–H groups in total. The molecule has 0 saturated carbocycles. The van der Waals surface area contributed by atoms with Crippen molar-refractivity contribution in [3.05, 3.63) is 48.6 Å². The van der Waals surface area contributed by atoms with Gasteiger partial charge in [-0.05, 0) is 83.5 Å². The molecule has 0 spiro atoms. The number of hydrogen-bond donors (Lipinski definition) is 0. The Hall–Kier alpha value is -2.10. The van der Waals surface area contributed by atoms with Gasteiger partial charge in [-0.2, -0.15) is 0 Å². The van der Waals surface area contributed by atoms with Gasteiger partial charge in [-0.1, -0.05) is 134 Å². The molecule has 4 nitrogen and oxygen atoms in total. The van der Waals surface area contributed by atoms with Crippen molar-refractivity contribution < 1.29 is 19.1 Å². The van der Waals surface area contributed by atoms with Gasteiger partial charge < -0.3 is 9.47 Å². The summed E-state index contributed by atoms with van der Waals surface area (Å²) in [7, 11) is 0. The molecule has 0 heterocycles. The number of hydrogen-bond acceptors (Lipinski definition) is 4. The first-order valence-electron chi connectivity index (χ1n) is 18.6. The maximum Gasteiger partial charge on any atom is 0.306 e. The minimum atomic E-state index is -0.339. The van der Waals surface area contributed by atoms with Gasteiger partial charge in [-0.3, -0.25) is 9.59 Å². The summed E-state index contributed by atoms with van der Waals surface area (Å²) in [4.78, 5) is 24.4. The minimum absolute atomic E-state index is 0.170. The molecule has 0 aliphatic rings. The topological polar surface area (TPSA) is 52.6 Å². The zero-order valence-corrected chi connectivity index (χ0v) is 29.2. The fourth-order valence-electron chi connectivity index (χ4n) is 4.90. The van der Waals surface area contributed by atoms with Crippen LogP contribution in [0.25, 0.3) is 0 Å². The number of esters is 2. The molecule has 0 radical (unpaired) electrons. The van der Waals surface area contributed by atoms with Crippen molar-refractivity contribution in [1.29, 1.82) is 0 Å². The lowest BCUT2D eigenvalue weighted by atomic mass is 10.1. The number of carbonyl (C=O) groups is 2. The quantitative estimate of drug-likeness (QED) is 0.0430. The molecule has 0 rings (SSSR count). The van der Waals surface area contributed by atoms with E-state index in [9.17, 15) is 9.59 Å². The van der Waals surface area contributed by atoms with Gasteiger partial charge in [0.1, 0.15) is 12.7 Å². The number of allylic oxidation sites excluding steroid dienone is 8. The van der Waals surface area contributed by atoms with Crippen LogP contribution in [0.2, 0.25) is 0 Å². The predicted octanol–water partition coefficient (Wildman–Crippen LogP) is 12.5. The van der Waals surface area contributed by atoms with Crippen LogP contribution >= 0.6 is 0 Å². The van der Waals surface area contributed by atoms with Crippen LogP contribution in [0.1, 0.15) is 181 Å². The van der Waals surface area contributed by atoms with E-state index in [4.69, 9.17) is 9.47 Å². The van der Waals surface area contributed by atoms with Crippen molar-refractivity contribution in [2.75, 3.05) is 6.61 Å². The average Bonchev–Trinajstić information content (AvgIpc) is 3.02. The van der Waals surface area contributed by atoms with E-state index in [1.165, 1.54) is 77.0 Å². The van der Waals surface area contributed by atoms with Crippen LogP contribution in [-0.4, -0.2) is 24.6 Å². The highest BCUT2D eigenvalue weighted by atomic mass is 16.6. The smallest absolute Gasteiger partial charge is 0.306 e. The molecule has 0 aromatic heterocycles. The van der Waals surface area contributed by atoms with Crippen molar-refractivity contribution >= 4 is 11.9 Å². The summed E-state index contributed by atoms with van der Waals surface area (Å²) in [5.74, 6) is -0.355. The fraction of sp³-hybridized carbons (Fsp3) is 0.750. The highest BCUT2D eigenvalue weighted by Crippen LogP contribution is 2.12. The zero-order valence-electron chi connectivity index (χ0n) is 29.2. The van der Waals surface area contributed by atoms with Crippen LogP contribution in [0, 0.1) is 0 Å². The van der Waals surface area contributed by atoms with Crippen LogP contribution in [0.15, 0.2) is 48.6 Å². The van der Waals surface area contributed by atoms with Crippen molar-refractivity contribution in [3.8, 4) is 0 Å². The number of unbranched alkanes of at least 4 members (excludes halogenated alkanes) is 16. The van der Waals surface area contributed by atoms with Gasteiger partial charge >= 0.3 is 11.9 Å². The molecule has 44 heavy (non-hydrogen) atoms. The van der Waals surface area contributed by atoms with Gasteiger partial charge in [-0.15, -0.1) is 0 Å². The van der Waals surface area contributed by atoms with Crippen LogP contribution in [0.3, 0.4) is 0 Å². The summed E-state index contributed by atoms with van der Waals surface area (Å²) >= 11 is 0. The summed E-state index contributed by atoms with van der Waals surface area (Å²) in [5.41, 5.74) is 0. The molecule has 0 aromatic carbocycles. The summed E-state index contributed by atoms with van der Waals surface area (Å²) < 4.78 is 11.0. The molecule has 254 valence electrons. The van der Waals surface area contributed by atoms with Gasteiger partial charge in [0.05, 0.1) is 0 Å². The average molecular weight is 615 g/mol. The molecule has 1 atom stereocenters. The standard InChI is InChI=1S/C40H70O4/c1-4-7-9-11-13-15-17-19-21-23-25-27-29-31-33-35-39(41)43-37-38(6-3)44-40(42)36-34-32-30-28-26-24-22-20-18-16-14-12-10-8-5-2/h13-16,19-22,38H,4-12,17-18,23-37H2,1-3H3/b15-13+,16-14+,21-19+,22-20+. The lowest BCUT2D eigenvalue weighted by Gasteiger charge is -2.16. The maximum atomic E-state index is 12.2. The summed E-state index contributed by atoms with van der Waals surface area (Å²) in [5, 5.41) is 0. The van der Waals surface area contributed by atoms with Crippen molar-refractivity contribution in [2.24, 2.45) is 0 Å². The van der Waals surface area contributed by atoms with Crippen LogP contribution in [0.4, 0.5) is 0 Å². The zero-order chi connectivity index (χ0) is 32.2. The van der Waals surface area contributed by atoms with E-state index >= 15 is 0 Å². The monoisotopic (exact) mass is 615 g/mol. The number of rotatable bonds is 32. The number of carbonyl (C=O) groups excluding carboxylic acids is 2. The predicted molar refractivity (Wildman–Crippen MR) is 190 cm³/mol. The molecule has 1 unspecified atom stereocenters. The van der Waals surface area contributed by atoms with Gasteiger partial charge in [0.15, 0.2) is 0 Å². The van der Waals surface area contributed by atoms with E-state index < -0.39 is 0 Å². The molecular weight excluding hydrogens is 544 g/mol. The van der Waals surface area contributed by atoms with Crippen LogP contribution < -0.4 is 0 Å². The molecule has 0 aliphatic carbocycles. The van der Waals surface area contributed by atoms with E-state index in [-0.39, 0.29) is 24.6 Å². The Bertz CT molecular complexity index is 748. The summed E-state index contributed by atoms with van der Waals surface area (Å²) in [6.45, 7) is 6.62. The molecular formula is C40H70O4. The highest BCUT2D eigenvalue weighted by molar-refractivity contribution is 5.70. The van der Waals surface area contributed by atoms with Crippen LogP contribution in [0.5, 0.6) is 0 Å². The summed E-state index contributed by atoms with van der Waals surface area (Å²) in [6.07, 6.45) is 45.1. The first-order valence-corrected chi connectivity index (χ1v) is 18.6. The van der Waals surface area contributed by atoms with Gasteiger partial charge in [0, 0.05) is 12.8 Å². The second-order valence-electron chi connectivity index (χ2n) is 12.2. The molecule has 0 bridgehead atoms. The van der Waals surface area contributed by atoms with Crippen molar-refractivity contribution in [3.63, 3.8) is 0 Å². The molecule has 4 heteroatoms. The number of ether oxygens (including phenoxy) is 2. The Balaban J connectivity index is 3.64. The third-order valence-corrected chi connectivity index (χ3v) is 7.85. The van der Waals surface area contributed by atoms with E-state index in [1.807, 2.05) is 6.92 Å². The van der Waals surface area contributed by atoms with Gasteiger partial charge in [0.2, 0.25) is 0 Å². The highest BCUT2D eigenvalue weighted by Gasteiger charge is 2.15. The second-order valence-corrected chi connectivity index (χ2v) is 12.2. The van der Waals surface area contributed by atoms with E-state index in [1.54, 1.807) is 0 Å². The Morgan fingerprint density at radius 3 is 1.30 bits per heavy atom. The Labute approximate surface area is 273 Å². The molecule has 0 aromatic rings. The molecule has 0 amide bonds. The second kappa shape index (κ2) is 35.4.